The summed E-state index contributed by atoms with van der Waals surface area (Å²) in [4.78, 5) is 5.48. The van der Waals surface area contributed by atoms with Crippen LogP contribution in [0.3, 0.4) is 0 Å². The maximum Gasteiger partial charge on any atom is 0.0669 e. The summed E-state index contributed by atoms with van der Waals surface area (Å²) in [6.07, 6.45) is 3.38. The van der Waals surface area contributed by atoms with E-state index in [4.69, 9.17) is 10.5 Å². The van der Waals surface area contributed by atoms with Crippen molar-refractivity contribution >= 4 is 11.8 Å². The van der Waals surface area contributed by atoms with E-state index in [0.29, 0.717) is 17.9 Å². The van der Waals surface area contributed by atoms with Crippen LogP contribution in [0.5, 0.6) is 0 Å². The van der Waals surface area contributed by atoms with Gasteiger partial charge in [0, 0.05) is 29.5 Å². The summed E-state index contributed by atoms with van der Waals surface area (Å²) in [5.74, 6) is 0. The van der Waals surface area contributed by atoms with Crippen molar-refractivity contribution in [3.8, 4) is 0 Å². The maximum absolute atomic E-state index is 5.52. The van der Waals surface area contributed by atoms with Crippen molar-refractivity contribution < 1.29 is 4.74 Å². The third-order valence-electron chi connectivity index (χ3n) is 2.60. The zero-order chi connectivity index (χ0) is 10.7. The van der Waals surface area contributed by atoms with E-state index in [0.717, 1.165) is 18.7 Å². The predicted octanol–water partition coefficient (Wildman–Crippen LogP) is 1.81. The third-order valence-corrected chi connectivity index (χ3v) is 4.04. The van der Waals surface area contributed by atoms with Gasteiger partial charge in [0.2, 0.25) is 0 Å². The molecule has 2 unspecified atom stereocenters. The number of pyridine rings is 1. The summed E-state index contributed by atoms with van der Waals surface area (Å²) < 4.78 is 5.52. The Morgan fingerprint density at radius 3 is 3.00 bits per heavy atom. The molecule has 0 aliphatic carbocycles. The fourth-order valence-electron chi connectivity index (χ4n) is 1.64. The average Bonchev–Trinajstić information content (AvgIpc) is 2.66. The molecule has 0 amide bonds. The van der Waals surface area contributed by atoms with E-state index >= 15 is 0 Å². The van der Waals surface area contributed by atoms with Crippen LogP contribution in [0.1, 0.15) is 19.0 Å². The average molecular weight is 224 g/mol. The highest BCUT2D eigenvalue weighted by Gasteiger charge is 2.24. The smallest absolute Gasteiger partial charge is 0.0669 e. The minimum absolute atomic E-state index is 0.351. The summed E-state index contributed by atoms with van der Waals surface area (Å²) in [7, 11) is 0. The minimum Gasteiger partial charge on any atom is -0.377 e. The molecular formula is C11H16N2OS. The summed E-state index contributed by atoms with van der Waals surface area (Å²) in [6, 6.07) is 4.08. The largest absolute Gasteiger partial charge is 0.377 e. The lowest BCUT2D eigenvalue weighted by Crippen LogP contribution is -2.13. The molecule has 1 saturated heterocycles. The van der Waals surface area contributed by atoms with Crippen LogP contribution in [-0.2, 0) is 11.3 Å². The number of nitrogens with zero attached hydrogens (tertiary/aromatic N) is 1. The second kappa shape index (κ2) is 4.96. The Hall–Kier alpha value is -0.580. The molecule has 0 spiro atoms. The summed E-state index contributed by atoms with van der Waals surface area (Å²) in [5, 5.41) is 0.565. The fourth-order valence-corrected chi connectivity index (χ4v) is 2.74. The Morgan fingerprint density at radius 2 is 2.47 bits per heavy atom. The van der Waals surface area contributed by atoms with E-state index < -0.39 is 0 Å². The van der Waals surface area contributed by atoms with E-state index in [1.54, 1.807) is 0 Å². The summed E-state index contributed by atoms with van der Waals surface area (Å²) in [6.45, 7) is 3.52. The van der Waals surface area contributed by atoms with Crippen LogP contribution in [0.2, 0.25) is 0 Å². The van der Waals surface area contributed by atoms with Gasteiger partial charge in [-0.3, -0.25) is 4.98 Å². The van der Waals surface area contributed by atoms with Gasteiger partial charge in [-0.1, -0.05) is 0 Å². The van der Waals surface area contributed by atoms with E-state index in [-0.39, 0.29) is 0 Å². The van der Waals surface area contributed by atoms with E-state index in [2.05, 4.69) is 18.0 Å². The molecule has 0 radical (unpaired) electrons. The molecule has 4 heteroatoms. The topological polar surface area (TPSA) is 48.1 Å². The molecule has 1 fully saturated rings. The predicted molar refractivity (Wildman–Crippen MR) is 61.8 cm³/mol. The number of hydrogen-bond acceptors (Lipinski definition) is 4. The molecule has 2 atom stereocenters. The van der Waals surface area contributed by atoms with Crippen molar-refractivity contribution in [3.63, 3.8) is 0 Å². The van der Waals surface area contributed by atoms with Crippen LogP contribution in [0.25, 0.3) is 0 Å². The first-order chi connectivity index (χ1) is 7.29. The maximum atomic E-state index is 5.52. The number of thioether (sulfide) groups is 1. The third kappa shape index (κ3) is 2.71. The quantitative estimate of drug-likeness (QED) is 0.850. The Balaban J connectivity index is 1.98. The first-order valence-corrected chi connectivity index (χ1v) is 6.11. The van der Waals surface area contributed by atoms with Gasteiger partial charge in [-0.25, -0.2) is 0 Å². The van der Waals surface area contributed by atoms with Crippen LogP contribution in [0, 0.1) is 0 Å². The lowest BCUT2D eigenvalue weighted by molar-refractivity contribution is 0.127. The number of ether oxygens (including phenoxy) is 1. The van der Waals surface area contributed by atoms with Gasteiger partial charge in [-0.05, 0) is 25.5 Å². The van der Waals surface area contributed by atoms with Gasteiger partial charge in [0.1, 0.15) is 0 Å². The van der Waals surface area contributed by atoms with Crippen molar-refractivity contribution in [2.75, 3.05) is 6.61 Å². The molecule has 82 valence electrons. The monoisotopic (exact) mass is 224 g/mol. The van der Waals surface area contributed by atoms with Gasteiger partial charge in [-0.2, -0.15) is 0 Å². The van der Waals surface area contributed by atoms with Crippen LogP contribution in [-0.4, -0.2) is 22.9 Å². The van der Waals surface area contributed by atoms with Crippen LogP contribution in [0.15, 0.2) is 23.2 Å². The fraction of sp³-hybridized carbons (Fsp3) is 0.545. The number of hydrogen-bond donors (Lipinski definition) is 1. The second-order valence-corrected chi connectivity index (χ2v) is 5.02. The van der Waals surface area contributed by atoms with Gasteiger partial charge in [-0.15, -0.1) is 11.8 Å². The highest BCUT2D eigenvalue weighted by molar-refractivity contribution is 8.00. The number of rotatable bonds is 3. The van der Waals surface area contributed by atoms with Crippen LogP contribution in [0.4, 0.5) is 0 Å². The van der Waals surface area contributed by atoms with Gasteiger partial charge in [0.15, 0.2) is 0 Å². The van der Waals surface area contributed by atoms with Crippen LogP contribution < -0.4 is 5.73 Å². The highest BCUT2D eigenvalue weighted by atomic mass is 32.2. The molecule has 2 heterocycles. The summed E-state index contributed by atoms with van der Waals surface area (Å²) >= 11 is 1.85. The van der Waals surface area contributed by atoms with Crippen molar-refractivity contribution in [1.82, 2.24) is 4.98 Å². The molecule has 3 nitrogen and oxygen atoms in total. The molecule has 15 heavy (non-hydrogen) atoms. The van der Waals surface area contributed by atoms with E-state index in [1.807, 2.05) is 24.0 Å². The van der Waals surface area contributed by atoms with E-state index in [9.17, 15) is 0 Å². The standard InChI is InChI=1S/C11H16N2OS/c1-8-11(4-5-14-8)15-10-3-2-9(6-12)13-7-10/h2-3,7-8,11H,4-6,12H2,1H3. The second-order valence-electron chi connectivity index (χ2n) is 3.71. The van der Waals surface area contributed by atoms with Crippen molar-refractivity contribution in [2.45, 2.75) is 36.1 Å². The van der Waals surface area contributed by atoms with E-state index in [1.165, 1.54) is 4.90 Å². The molecular weight excluding hydrogens is 208 g/mol. The minimum atomic E-state index is 0.351. The van der Waals surface area contributed by atoms with Gasteiger partial charge in [0.25, 0.3) is 0 Å². The van der Waals surface area contributed by atoms with Crippen molar-refractivity contribution in [1.29, 1.82) is 0 Å². The molecule has 0 bridgehead atoms. The molecule has 0 aromatic carbocycles. The lowest BCUT2D eigenvalue weighted by Gasteiger charge is -2.13. The lowest BCUT2D eigenvalue weighted by atomic mass is 10.3. The molecule has 2 N–H and O–H groups in total. The van der Waals surface area contributed by atoms with Gasteiger partial charge in [0.05, 0.1) is 11.8 Å². The van der Waals surface area contributed by atoms with Crippen LogP contribution >= 0.6 is 11.8 Å². The SMILES string of the molecule is CC1OCCC1Sc1ccc(CN)nc1. The number of aromatic nitrogens is 1. The highest BCUT2D eigenvalue weighted by Crippen LogP contribution is 2.31. The zero-order valence-electron chi connectivity index (χ0n) is 8.85. The molecule has 0 saturated carbocycles. The molecule has 2 rings (SSSR count). The number of nitrogens with two attached hydrogens (primary N) is 1. The van der Waals surface area contributed by atoms with Crippen molar-refractivity contribution in [2.24, 2.45) is 5.73 Å². The first-order valence-electron chi connectivity index (χ1n) is 5.23. The van der Waals surface area contributed by atoms with Crippen molar-refractivity contribution in [3.05, 3.63) is 24.0 Å². The normalized spacial score (nSPS) is 25.7. The Labute approximate surface area is 94.4 Å². The molecule has 1 aliphatic heterocycles. The van der Waals surface area contributed by atoms with Gasteiger partial charge < -0.3 is 10.5 Å². The summed E-state index contributed by atoms with van der Waals surface area (Å²) in [5.41, 5.74) is 6.44. The molecule has 1 aromatic heterocycles. The Kier molecular flexibility index (Phi) is 3.61. The zero-order valence-corrected chi connectivity index (χ0v) is 9.67. The molecule has 1 aromatic rings. The van der Waals surface area contributed by atoms with Gasteiger partial charge >= 0.3 is 0 Å². The molecule has 1 aliphatic rings. The first kappa shape index (κ1) is 10.9. The Bertz CT molecular complexity index is 315. The Morgan fingerprint density at radius 1 is 1.60 bits per heavy atom.